The predicted molar refractivity (Wildman–Crippen MR) is 114 cm³/mol. The van der Waals surface area contributed by atoms with Crippen LogP contribution in [0, 0.1) is 11.3 Å². The number of unbranched alkanes of at least 4 members (excludes halogenated alkanes) is 8. The molecule has 0 saturated heterocycles. The molecule has 5 heteroatoms. The van der Waals surface area contributed by atoms with E-state index in [1.165, 1.54) is 63.4 Å². The number of nitrogens with zero attached hydrogens (tertiary/aromatic N) is 3. The molecule has 1 aromatic heterocycles. The van der Waals surface area contributed by atoms with Crippen molar-refractivity contribution in [2.45, 2.75) is 89.4 Å². The fourth-order valence-electron chi connectivity index (χ4n) is 3.74. The van der Waals surface area contributed by atoms with Gasteiger partial charge in [0.15, 0.2) is 0 Å². The molecule has 0 N–H and O–H groups in total. The third-order valence-electron chi connectivity index (χ3n) is 5.86. The van der Waals surface area contributed by atoms with Crippen LogP contribution in [-0.2, 0) is 11.8 Å². The largest absolute Gasteiger partial charge is 0.496 e. The molecule has 5 nitrogen and oxygen atoms in total. The molecule has 0 bridgehead atoms. The maximum Gasteiger partial charge on any atom is 0.251 e. The van der Waals surface area contributed by atoms with Gasteiger partial charge < -0.3 is 9.15 Å². The number of ether oxygens (including phenoxy) is 1. The van der Waals surface area contributed by atoms with Crippen molar-refractivity contribution in [1.29, 1.82) is 5.26 Å². The second kappa shape index (κ2) is 10.4. The van der Waals surface area contributed by atoms with Gasteiger partial charge in [0.05, 0.1) is 18.7 Å². The minimum absolute atomic E-state index is 0.432. The highest BCUT2D eigenvalue weighted by molar-refractivity contribution is 5.63. The van der Waals surface area contributed by atoms with Crippen molar-refractivity contribution in [3.05, 3.63) is 29.7 Å². The second-order valence-corrected chi connectivity index (χ2v) is 8.22. The van der Waals surface area contributed by atoms with Gasteiger partial charge >= 0.3 is 0 Å². The Kier molecular flexibility index (Phi) is 7.69. The fraction of sp³-hybridized carbons (Fsp3) is 0.625. The molecule has 0 radical (unpaired) electrons. The van der Waals surface area contributed by atoms with Crippen molar-refractivity contribution in [2.75, 3.05) is 7.11 Å². The second-order valence-electron chi connectivity index (χ2n) is 8.22. The number of aryl methyl sites for hydroxylation is 1. The maximum atomic E-state index is 9.34. The van der Waals surface area contributed by atoms with Gasteiger partial charge in [-0.3, -0.25) is 0 Å². The predicted octanol–water partition coefficient (Wildman–Crippen LogP) is 6.37. The van der Waals surface area contributed by atoms with Crippen molar-refractivity contribution in [3.63, 3.8) is 0 Å². The normalized spacial score (nSPS) is 14.5. The molecular weight excluding hydrogens is 362 g/mol. The first kappa shape index (κ1) is 21.4. The van der Waals surface area contributed by atoms with Gasteiger partial charge in [-0.25, -0.2) is 0 Å². The van der Waals surface area contributed by atoms with Crippen molar-refractivity contribution >= 4 is 0 Å². The van der Waals surface area contributed by atoms with Gasteiger partial charge in [-0.2, -0.15) is 5.26 Å². The standard InChI is InChI=1S/C24H33N3O2/c1-3-4-5-6-7-8-9-10-11-12-19-13-14-21(28-2)20(17-19)22-26-27-23(29-22)24(18-25)15-16-24/h13-14,17H,3-12,15-16H2,1-2H3. The average molecular weight is 396 g/mol. The Bertz CT molecular complexity index is 818. The van der Waals surface area contributed by atoms with E-state index >= 15 is 0 Å². The highest BCUT2D eigenvalue weighted by Crippen LogP contribution is 2.47. The van der Waals surface area contributed by atoms with Crippen molar-refractivity contribution in [3.8, 4) is 23.3 Å². The SMILES string of the molecule is CCCCCCCCCCCc1ccc(OC)c(-c2nnc(C3(C#N)CC3)o2)c1. The highest BCUT2D eigenvalue weighted by atomic mass is 16.5. The molecule has 156 valence electrons. The van der Waals surface area contributed by atoms with E-state index in [-0.39, 0.29) is 0 Å². The van der Waals surface area contributed by atoms with Crippen molar-refractivity contribution < 1.29 is 9.15 Å². The van der Waals surface area contributed by atoms with Crippen molar-refractivity contribution in [1.82, 2.24) is 10.2 Å². The monoisotopic (exact) mass is 395 g/mol. The van der Waals surface area contributed by atoms with Gasteiger partial charge in [0.2, 0.25) is 5.89 Å². The first-order valence-electron chi connectivity index (χ1n) is 11.1. The molecule has 29 heavy (non-hydrogen) atoms. The zero-order valence-electron chi connectivity index (χ0n) is 17.9. The quantitative estimate of drug-likeness (QED) is 0.368. The summed E-state index contributed by atoms with van der Waals surface area (Å²) >= 11 is 0. The van der Waals surface area contributed by atoms with Gasteiger partial charge in [0, 0.05) is 0 Å². The molecule has 0 spiro atoms. The fourth-order valence-corrected chi connectivity index (χ4v) is 3.74. The van der Waals surface area contributed by atoms with E-state index in [0.29, 0.717) is 11.8 Å². The highest BCUT2D eigenvalue weighted by Gasteiger charge is 2.50. The summed E-state index contributed by atoms with van der Waals surface area (Å²) in [6.45, 7) is 2.26. The minimum Gasteiger partial charge on any atom is -0.496 e. The first-order chi connectivity index (χ1) is 14.2. The molecular formula is C24H33N3O2. The number of benzene rings is 1. The molecule has 1 fully saturated rings. The van der Waals surface area contributed by atoms with Crippen LogP contribution in [0.5, 0.6) is 5.75 Å². The van der Waals surface area contributed by atoms with Gasteiger partial charge in [-0.1, -0.05) is 64.4 Å². The molecule has 0 atom stereocenters. The summed E-state index contributed by atoms with van der Waals surface area (Å²) in [5.41, 5.74) is 1.51. The van der Waals surface area contributed by atoms with Gasteiger partial charge in [0.25, 0.3) is 5.89 Å². The Morgan fingerprint density at radius 2 is 1.72 bits per heavy atom. The molecule has 1 heterocycles. The van der Waals surface area contributed by atoms with E-state index in [1.54, 1.807) is 7.11 Å². The zero-order chi connectivity index (χ0) is 20.5. The first-order valence-corrected chi connectivity index (χ1v) is 11.1. The molecule has 0 unspecified atom stereocenters. The van der Waals surface area contributed by atoms with Gasteiger partial charge in [-0.05, 0) is 43.4 Å². The van der Waals surface area contributed by atoms with E-state index < -0.39 is 5.41 Å². The van der Waals surface area contributed by atoms with Gasteiger partial charge in [-0.15, -0.1) is 10.2 Å². The Balaban J connectivity index is 1.52. The molecule has 2 aromatic rings. The lowest BCUT2D eigenvalue weighted by atomic mass is 10.0. The molecule has 1 aliphatic rings. The molecule has 3 rings (SSSR count). The molecule has 0 aliphatic heterocycles. The molecule has 1 saturated carbocycles. The topological polar surface area (TPSA) is 71.9 Å². The van der Waals surface area contributed by atoms with Crippen molar-refractivity contribution in [2.24, 2.45) is 0 Å². The Morgan fingerprint density at radius 1 is 1.03 bits per heavy atom. The summed E-state index contributed by atoms with van der Waals surface area (Å²) in [5, 5.41) is 17.7. The lowest BCUT2D eigenvalue weighted by molar-refractivity contribution is 0.412. The molecule has 1 aliphatic carbocycles. The molecule has 1 aromatic carbocycles. The Hall–Kier alpha value is -2.35. The van der Waals surface area contributed by atoms with Crippen LogP contribution in [0.4, 0.5) is 0 Å². The van der Waals surface area contributed by atoms with Crippen LogP contribution in [0.15, 0.2) is 22.6 Å². The molecule has 0 amide bonds. The van der Waals surface area contributed by atoms with E-state index in [1.807, 2.05) is 6.07 Å². The summed E-state index contributed by atoms with van der Waals surface area (Å²) in [5.74, 6) is 1.59. The third kappa shape index (κ3) is 5.59. The van der Waals surface area contributed by atoms with E-state index in [2.05, 4.69) is 35.3 Å². The van der Waals surface area contributed by atoms with E-state index in [0.717, 1.165) is 30.6 Å². The van der Waals surface area contributed by atoms with Crippen LogP contribution < -0.4 is 4.74 Å². The number of methoxy groups -OCH3 is 1. The number of hydrogen-bond acceptors (Lipinski definition) is 5. The van der Waals surface area contributed by atoms with Crippen LogP contribution in [0.1, 0.15) is 89.0 Å². The smallest absolute Gasteiger partial charge is 0.251 e. The van der Waals surface area contributed by atoms with Crippen LogP contribution in [-0.4, -0.2) is 17.3 Å². The lowest BCUT2D eigenvalue weighted by Gasteiger charge is -2.08. The van der Waals surface area contributed by atoms with E-state index in [4.69, 9.17) is 9.15 Å². The van der Waals surface area contributed by atoms with E-state index in [9.17, 15) is 5.26 Å². The van der Waals surface area contributed by atoms with Crippen LogP contribution in [0.3, 0.4) is 0 Å². The summed E-state index contributed by atoms with van der Waals surface area (Å²) in [4.78, 5) is 0. The lowest BCUT2D eigenvalue weighted by Crippen LogP contribution is -2.02. The summed E-state index contributed by atoms with van der Waals surface area (Å²) < 4.78 is 11.4. The zero-order valence-corrected chi connectivity index (χ0v) is 17.9. The number of hydrogen-bond donors (Lipinski definition) is 0. The number of nitriles is 1. The Labute approximate surface area is 174 Å². The van der Waals surface area contributed by atoms with Gasteiger partial charge in [0.1, 0.15) is 11.2 Å². The summed E-state index contributed by atoms with van der Waals surface area (Å²) in [6.07, 6.45) is 14.6. The number of rotatable bonds is 13. The summed E-state index contributed by atoms with van der Waals surface area (Å²) in [6, 6.07) is 8.48. The van der Waals surface area contributed by atoms with Crippen LogP contribution in [0.2, 0.25) is 0 Å². The third-order valence-corrected chi connectivity index (χ3v) is 5.86. The minimum atomic E-state index is -0.563. The Morgan fingerprint density at radius 3 is 2.34 bits per heavy atom. The average Bonchev–Trinajstić information content (AvgIpc) is 3.40. The van der Waals surface area contributed by atoms with Crippen LogP contribution >= 0.6 is 0 Å². The maximum absolute atomic E-state index is 9.34. The van der Waals surface area contributed by atoms with Crippen LogP contribution in [0.25, 0.3) is 11.5 Å². The number of aromatic nitrogens is 2. The summed E-state index contributed by atoms with van der Waals surface area (Å²) in [7, 11) is 1.65.